The van der Waals surface area contributed by atoms with Crippen molar-refractivity contribution >= 4 is 17.3 Å². The second-order valence-corrected chi connectivity index (χ2v) is 8.03. The predicted molar refractivity (Wildman–Crippen MR) is 135 cm³/mol. The molecule has 0 bridgehead atoms. The fourth-order valence-corrected chi connectivity index (χ4v) is 3.89. The first-order chi connectivity index (χ1) is 17.6. The van der Waals surface area contributed by atoms with Crippen molar-refractivity contribution in [1.82, 2.24) is 15.3 Å². The topological polar surface area (TPSA) is 115 Å². The van der Waals surface area contributed by atoms with Crippen LogP contribution in [0.3, 0.4) is 0 Å². The number of para-hydroxylation sites is 1. The maximum atomic E-state index is 12.7. The van der Waals surface area contributed by atoms with Gasteiger partial charge in [-0.1, -0.05) is 12.1 Å². The molecule has 9 nitrogen and oxygen atoms in total. The number of benzene rings is 2. The number of rotatable bonds is 7. The molecule has 0 spiro atoms. The van der Waals surface area contributed by atoms with Crippen LogP contribution in [0, 0.1) is 0 Å². The third-order valence-electron chi connectivity index (χ3n) is 5.59. The van der Waals surface area contributed by atoms with Crippen molar-refractivity contribution in [1.29, 1.82) is 0 Å². The minimum atomic E-state index is -0.254. The van der Waals surface area contributed by atoms with E-state index in [0.717, 1.165) is 5.56 Å². The van der Waals surface area contributed by atoms with Crippen LogP contribution < -0.4 is 30.4 Å². The molecule has 182 valence electrons. The van der Waals surface area contributed by atoms with Crippen molar-refractivity contribution in [3.63, 3.8) is 0 Å². The predicted octanol–water partition coefficient (Wildman–Crippen LogP) is 3.89. The molecule has 4 aromatic rings. The zero-order valence-corrected chi connectivity index (χ0v) is 19.5. The summed E-state index contributed by atoms with van der Waals surface area (Å²) in [5.41, 5.74) is 3.82. The van der Waals surface area contributed by atoms with E-state index >= 15 is 0 Å². The van der Waals surface area contributed by atoms with E-state index in [2.05, 4.69) is 20.6 Å². The SMILES string of the molecule is COc1nc(-c2cccc3c2OCCO3)ccc1Nc1cccc(C(=O)NCc2cc[nH]c(=O)c2)c1. The molecule has 0 fully saturated rings. The van der Waals surface area contributed by atoms with Gasteiger partial charge in [0.2, 0.25) is 11.4 Å². The lowest BCUT2D eigenvalue weighted by molar-refractivity contribution is 0.0951. The van der Waals surface area contributed by atoms with Crippen LogP contribution >= 0.6 is 0 Å². The number of aromatic amines is 1. The third-order valence-corrected chi connectivity index (χ3v) is 5.59. The van der Waals surface area contributed by atoms with E-state index in [0.29, 0.717) is 58.8 Å². The number of nitrogens with one attached hydrogen (secondary N) is 3. The van der Waals surface area contributed by atoms with E-state index in [1.807, 2.05) is 36.4 Å². The van der Waals surface area contributed by atoms with Gasteiger partial charge in [0, 0.05) is 35.6 Å². The summed E-state index contributed by atoms with van der Waals surface area (Å²) < 4.78 is 17.0. The van der Waals surface area contributed by atoms with Gasteiger partial charge in [-0.15, -0.1) is 0 Å². The third kappa shape index (κ3) is 5.00. The molecule has 3 heterocycles. The van der Waals surface area contributed by atoms with Crippen LogP contribution in [-0.2, 0) is 6.54 Å². The summed E-state index contributed by atoms with van der Waals surface area (Å²) in [6.07, 6.45) is 1.55. The van der Waals surface area contributed by atoms with Crippen molar-refractivity contribution in [2.75, 3.05) is 25.6 Å². The average molecular weight is 485 g/mol. The van der Waals surface area contributed by atoms with E-state index in [4.69, 9.17) is 14.2 Å². The molecule has 3 N–H and O–H groups in total. The molecule has 5 rings (SSSR count). The number of hydrogen-bond acceptors (Lipinski definition) is 7. The Bertz CT molecular complexity index is 1470. The maximum absolute atomic E-state index is 12.7. The lowest BCUT2D eigenvalue weighted by atomic mass is 10.1. The molecule has 0 unspecified atom stereocenters. The molecular formula is C27H24N4O5. The van der Waals surface area contributed by atoms with E-state index in [-0.39, 0.29) is 18.0 Å². The highest BCUT2D eigenvalue weighted by molar-refractivity contribution is 5.95. The first-order valence-corrected chi connectivity index (χ1v) is 11.4. The van der Waals surface area contributed by atoms with Crippen molar-refractivity contribution in [3.8, 4) is 28.6 Å². The second-order valence-electron chi connectivity index (χ2n) is 8.03. The molecule has 2 aromatic heterocycles. The maximum Gasteiger partial charge on any atom is 0.251 e. The Kier molecular flexibility index (Phi) is 6.53. The Morgan fingerprint density at radius 3 is 2.78 bits per heavy atom. The number of carbonyl (C=O) groups is 1. The Labute approximate surface area is 207 Å². The van der Waals surface area contributed by atoms with Crippen LogP contribution in [0.15, 0.2) is 77.7 Å². The molecule has 0 saturated carbocycles. The lowest BCUT2D eigenvalue weighted by Crippen LogP contribution is -2.23. The van der Waals surface area contributed by atoms with Crippen LogP contribution in [-0.4, -0.2) is 36.2 Å². The van der Waals surface area contributed by atoms with Gasteiger partial charge in [0.25, 0.3) is 5.91 Å². The summed E-state index contributed by atoms with van der Waals surface area (Å²) in [7, 11) is 1.55. The van der Waals surface area contributed by atoms with Crippen molar-refractivity contribution in [2.24, 2.45) is 0 Å². The van der Waals surface area contributed by atoms with Crippen molar-refractivity contribution < 1.29 is 19.0 Å². The van der Waals surface area contributed by atoms with Gasteiger partial charge in [-0.2, -0.15) is 0 Å². The summed E-state index contributed by atoms with van der Waals surface area (Å²) in [4.78, 5) is 31.3. The number of methoxy groups -OCH3 is 1. The van der Waals surface area contributed by atoms with Crippen molar-refractivity contribution in [3.05, 3.63) is 94.4 Å². The number of nitrogens with zero attached hydrogens (tertiary/aromatic N) is 1. The van der Waals surface area contributed by atoms with Crippen LogP contribution in [0.4, 0.5) is 11.4 Å². The van der Waals surface area contributed by atoms with Crippen LogP contribution in [0.1, 0.15) is 15.9 Å². The van der Waals surface area contributed by atoms with Crippen LogP contribution in [0.25, 0.3) is 11.3 Å². The Balaban J connectivity index is 1.33. The number of fused-ring (bicyclic) bond motifs is 1. The molecule has 0 atom stereocenters. The fourth-order valence-electron chi connectivity index (χ4n) is 3.89. The van der Waals surface area contributed by atoms with E-state index in [1.54, 1.807) is 37.6 Å². The first kappa shape index (κ1) is 23.0. The Hall–Kier alpha value is -4.79. The number of aromatic nitrogens is 2. The number of hydrogen-bond donors (Lipinski definition) is 3. The van der Waals surface area contributed by atoms with Crippen LogP contribution in [0.5, 0.6) is 17.4 Å². The molecule has 0 radical (unpaired) electrons. The Morgan fingerprint density at radius 1 is 1.06 bits per heavy atom. The van der Waals surface area contributed by atoms with Gasteiger partial charge in [-0.05, 0) is 54.1 Å². The molecule has 1 aliphatic heterocycles. The number of pyridine rings is 2. The summed E-state index contributed by atoms with van der Waals surface area (Å²) in [5.74, 6) is 1.50. The van der Waals surface area contributed by atoms with Gasteiger partial charge in [0.1, 0.15) is 18.9 Å². The largest absolute Gasteiger partial charge is 0.486 e. The Morgan fingerprint density at radius 2 is 1.92 bits per heavy atom. The smallest absolute Gasteiger partial charge is 0.251 e. The van der Waals surface area contributed by atoms with E-state index in [1.165, 1.54) is 6.07 Å². The van der Waals surface area contributed by atoms with Crippen LogP contribution in [0.2, 0.25) is 0 Å². The second kappa shape index (κ2) is 10.2. The number of ether oxygens (including phenoxy) is 3. The van der Waals surface area contributed by atoms with Gasteiger partial charge in [-0.25, -0.2) is 4.98 Å². The molecule has 1 aliphatic rings. The average Bonchev–Trinajstić information content (AvgIpc) is 2.92. The van der Waals surface area contributed by atoms with Gasteiger partial charge in [-0.3, -0.25) is 9.59 Å². The summed E-state index contributed by atoms with van der Waals surface area (Å²) >= 11 is 0. The monoisotopic (exact) mass is 484 g/mol. The zero-order chi connectivity index (χ0) is 24.9. The molecule has 9 heteroatoms. The van der Waals surface area contributed by atoms with E-state index < -0.39 is 0 Å². The minimum absolute atomic E-state index is 0.213. The molecule has 0 saturated heterocycles. The number of amides is 1. The fraction of sp³-hybridized carbons (Fsp3) is 0.148. The normalized spacial score (nSPS) is 12.0. The van der Waals surface area contributed by atoms with Gasteiger partial charge >= 0.3 is 0 Å². The quantitative estimate of drug-likeness (QED) is 0.365. The summed E-state index contributed by atoms with van der Waals surface area (Å²) in [6, 6.07) is 19.7. The lowest BCUT2D eigenvalue weighted by Gasteiger charge is -2.21. The molecule has 2 aromatic carbocycles. The first-order valence-electron chi connectivity index (χ1n) is 11.4. The minimum Gasteiger partial charge on any atom is -0.486 e. The van der Waals surface area contributed by atoms with Gasteiger partial charge < -0.3 is 29.8 Å². The summed E-state index contributed by atoms with van der Waals surface area (Å²) in [5, 5.41) is 6.10. The highest BCUT2D eigenvalue weighted by Gasteiger charge is 2.19. The number of anilines is 2. The van der Waals surface area contributed by atoms with Gasteiger partial charge in [0.05, 0.1) is 12.8 Å². The standard InChI is InChI=1S/C27H24N4O5/c1-34-27-22(9-8-21(31-27)20-6-3-7-23-25(20)36-13-12-35-23)30-19-5-2-4-18(15-19)26(33)29-16-17-10-11-28-24(32)14-17/h2-11,14-15,30H,12-13,16H2,1H3,(H,28,32)(H,29,33). The van der Waals surface area contributed by atoms with Crippen molar-refractivity contribution in [2.45, 2.75) is 6.54 Å². The van der Waals surface area contributed by atoms with E-state index in [9.17, 15) is 9.59 Å². The number of H-pyrrole nitrogens is 1. The molecule has 36 heavy (non-hydrogen) atoms. The molecular weight excluding hydrogens is 460 g/mol. The molecule has 1 amide bonds. The zero-order valence-electron chi connectivity index (χ0n) is 19.5. The molecule has 0 aliphatic carbocycles. The summed E-state index contributed by atoms with van der Waals surface area (Å²) in [6.45, 7) is 1.24. The highest BCUT2D eigenvalue weighted by atomic mass is 16.6. The van der Waals surface area contributed by atoms with Gasteiger partial charge in [0.15, 0.2) is 11.5 Å². The number of carbonyl (C=O) groups excluding carboxylic acids is 1. The highest BCUT2D eigenvalue weighted by Crippen LogP contribution is 2.40.